The molecule has 1 fully saturated rings. The van der Waals surface area contributed by atoms with E-state index in [0.717, 1.165) is 12.8 Å². The van der Waals surface area contributed by atoms with E-state index in [0.29, 0.717) is 30.1 Å². The molecule has 1 aromatic carbocycles. The predicted octanol–water partition coefficient (Wildman–Crippen LogP) is 2.33. The van der Waals surface area contributed by atoms with Crippen LogP contribution in [0.1, 0.15) is 35.7 Å². The summed E-state index contributed by atoms with van der Waals surface area (Å²) in [6.45, 7) is 5.20. The Bertz CT molecular complexity index is 475. The van der Waals surface area contributed by atoms with Crippen molar-refractivity contribution in [3.8, 4) is 0 Å². The van der Waals surface area contributed by atoms with Crippen molar-refractivity contribution in [2.24, 2.45) is 11.7 Å². The largest absolute Gasteiger partial charge is 0.337 e. The summed E-state index contributed by atoms with van der Waals surface area (Å²) in [5, 5.41) is 0. The van der Waals surface area contributed by atoms with Gasteiger partial charge in [0, 0.05) is 24.7 Å². The average molecular weight is 264 g/mol. The van der Waals surface area contributed by atoms with Crippen molar-refractivity contribution >= 4 is 5.91 Å². The van der Waals surface area contributed by atoms with E-state index < -0.39 is 0 Å². The second-order valence-electron chi connectivity index (χ2n) is 5.38. The van der Waals surface area contributed by atoms with Crippen LogP contribution < -0.4 is 5.73 Å². The molecule has 3 nitrogen and oxygen atoms in total. The highest BCUT2D eigenvalue weighted by Gasteiger charge is 2.32. The van der Waals surface area contributed by atoms with Gasteiger partial charge in [-0.2, -0.15) is 0 Å². The number of carbonyl (C=O) groups excluding carboxylic acids is 1. The smallest absolute Gasteiger partial charge is 0.254 e. The summed E-state index contributed by atoms with van der Waals surface area (Å²) in [6, 6.07) is 4.35. The van der Waals surface area contributed by atoms with E-state index in [1.165, 1.54) is 12.1 Å². The van der Waals surface area contributed by atoms with Gasteiger partial charge in [0.2, 0.25) is 0 Å². The zero-order valence-corrected chi connectivity index (χ0v) is 11.5. The van der Waals surface area contributed by atoms with Gasteiger partial charge in [-0.05, 0) is 43.0 Å². The van der Waals surface area contributed by atoms with E-state index >= 15 is 0 Å². The Kier molecular flexibility index (Phi) is 4.20. The molecule has 0 unspecified atom stereocenters. The third-order valence-corrected chi connectivity index (χ3v) is 3.86. The number of hydrogen-bond donors (Lipinski definition) is 1. The lowest BCUT2D eigenvalue weighted by Crippen LogP contribution is -2.32. The number of likely N-dealkylation sites (tertiary alicyclic amines) is 1. The molecule has 19 heavy (non-hydrogen) atoms. The van der Waals surface area contributed by atoms with Gasteiger partial charge in [0.1, 0.15) is 5.82 Å². The number of hydrogen-bond acceptors (Lipinski definition) is 2. The minimum absolute atomic E-state index is 0.0356. The first kappa shape index (κ1) is 14.0. The SMILES string of the molecule is CCC[C@@H]1CN(C(=O)c2ccc(F)cc2C)C[C@H]1N. The van der Waals surface area contributed by atoms with Crippen molar-refractivity contribution < 1.29 is 9.18 Å². The molecule has 1 aliphatic heterocycles. The van der Waals surface area contributed by atoms with Crippen molar-refractivity contribution in [1.29, 1.82) is 0 Å². The fourth-order valence-corrected chi connectivity index (χ4v) is 2.78. The monoisotopic (exact) mass is 264 g/mol. The molecule has 2 N–H and O–H groups in total. The maximum Gasteiger partial charge on any atom is 0.254 e. The molecule has 1 aromatic rings. The van der Waals surface area contributed by atoms with Gasteiger partial charge in [-0.1, -0.05) is 13.3 Å². The van der Waals surface area contributed by atoms with Crippen LogP contribution in [-0.2, 0) is 0 Å². The number of carbonyl (C=O) groups is 1. The molecule has 0 saturated carbocycles. The zero-order valence-electron chi connectivity index (χ0n) is 11.5. The number of benzene rings is 1. The fourth-order valence-electron chi connectivity index (χ4n) is 2.78. The molecule has 0 aliphatic carbocycles. The highest BCUT2D eigenvalue weighted by molar-refractivity contribution is 5.95. The summed E-state index contributed by atoms with van der Waals surface area (Å²) in [5.74, 6) is 0.0392. The molecule has 0 bridgehead atoms. The van der Waals surface area contributed by atoms with Crippen LogP contribution in [0.5, 0.6) is 0 Å². The van der Waals surface area contributed by atoms with Crippen LogP contribution in [0.15, 0.2) is 18.2 Å². The van der Waals surface area contributed by atoms with Gasteiger partial charge in [0.15, 0.2) is 0 Å². The number of nitrogens with zero attached hydrogens (tertiary/aromatic N) is 1. The number of rotatable bonds is 3. The molecule has 2 atom stereocenters. The Morgan fingerprint density at radius 2 is 2.21 bits per heavy atom. The quantitative estimate of drug-likeness (QED) is 0.910. The second kappa shape index (κ2) is 5.70. The summed E-state index contributed by atoms with van der Waals surface area (Å²) in [5.41, 5.74) is 7.33. The van der Waals surface area contributed by atoms with Crippen LogP contribution in [0.2, 0.25) is 0 Å². The van der Waals surface area contributed by atoms with Gasteiger partial charge in [-0.25, -0.2) is 4.39 Å². The highest BCUT2D eigenvalue weighted by atomic mass is 19.1. The maximum absolute atomic E-state index is 13.1. The molecule has 0 aromatic heterocycles. The van der Waals surface area contributed by atoms with Crippen molar-refractivity contribution in [2.45, 2.75) is 32.7 Å². The first-order valence-corrected chi connectivity index (χ1v) is 6.84. The molecule has 104 valence electrons. The molecule has 1 amide bonds. The summed E-state index contributed by atoms with van der Waals surface area (Å²) >= 11 is 0. The van der Waals surface area contributed by atoms with Crippen LogP contribution >= 0.6 is 0 Å². The van der Waals surface area contributed by atoms with E-state index in [2.05, 4.69) is 6.92 Å². The first-order chi connectivity index (χ1) is 9.02. The lowest BCUT2D eigenvalue weighted by atomic mass is 9.99. The Labute approximate surface area is 113 Å². The third kappa shape index (κ3) is 2.95. The topological polar surface area (TPSA) is 46.3 Å². The number of nitrogens with two attached hydrogens (primary N) is 1. The van der Waals surface area contributed by atoms with E-state index in [9.17, 15) is 9.18 Å². The van der Waals surface area contributed by atoms with E-state index in [4.69, 9.17) is 5.73 Å². The molecule has 0 radical (unpaired) electrons. The molecule has 1 saturated heterocycles. The molecule has 1 heterocycles. The van der Waals surface area contributed by atoms with Gasteiger partial charge < -0.3 is 10.6 Å². The summed E-state index contributed by atoms with van der Waals surface area (Å²) < 4.78 is 13.1. The summed E-state index contributed by atoms with van der Waals surface area (Å²) in [6.07, 6.45) is 2.13. The fraction of sp³-hybridized carbons (Fsp3) is 0.533. The number of amides is 1. The molecule has 1 aliphatic rings. The van der Waals surface area contributed by atoms with Crippen LogP contribution in [0.3, 0.4) is 0 Å². The Morgan fingerprint density at radius 3 is 2.84 bits per heavy atom. The molecule has 2 rings (SSSR count). The zero-order chi connectivity index (χ0) is 14.0. The maximum atomic E-state index is 13.1. The third-order valence-electron chi connectivity index (χ3n) is 3.86. The molecule has 4 heteroatoms. The van der Waals surface area contributed by atoms with Crippen LogP contribution in [0.25, 0.3) is 0 Å². The van der Waals surface area contributed by atoms with Gasteiger partial charge in [0.05, 0.1) is 0 Å². The van der Waals surface area contributed by atoms with Crippen molar-refractivity contribution in [3.05, 3.63) is 35.1 Å². The van der Waals surface area contributed by atoms with E-state index in [1.54, 1.807) is 17.9 Å². The van der Waals surface area contributed by atoms with Gasteiger partial charge >= 0.3 is 0 Å². The second-order valence-corrected chi connectivity index (χ2v) is 5.38. The van der Waals surface area contributed by atoms with Gasteiger partial charge in [0.25, 0.3) is 5.91 Å². The summed E-state index contributed by atoms with van der Waals surface area (Å²) in [7, 11) is 0. The average Bonchev–Trinajstić information content (AvgIpc) is 2.71. The number of aryl methyl sites for hydroxylation is 1. The summed E-state index contributed by atoms with van der Waals surface area (Å²) in [4.78, 5) is 14.2. The highest BCUT2D eigenvalue weighted by Crippen LogP contribution is 2.23. The minimum Gasteiger partial charge on any atom is -0.337 e. The van der Waals surface area contributed by atoms with E-state index in [1.807, 2.05) is 0 Å². The molecular formula is C15H21FN2O. The lowest BCUT2D eigenvalue weighted by Gasteiger charge is -2.17. The molecule has 0 spiro atoms. The number of halogens is 1. The van der Waals surface area contributed by atoms with Gasteiger partial charge in [-0.3, -0.25) is 4.79 Å². The van der Waals surface area contributed by atoms with Crippen molar-refractivity contribution in [2.75, 3.05) is 13.1 Å². The minimum atomic E-state index is -0.309. The molecular weight excluding hydrogens is 243 g/mol. The normalized spacial score (nSPS) is 22.8. The van der Waals surface area contributed by atoms with E-state index in [-0.39, 0.29) is 17.8 Å². The Hall–Kier alpha value is -1.42. The van der Waals surface area contributed by atoms with Crippen molar-refractivity contribution in [3.63, 3.8) is 0 Å². The van der Waals surface area contributed by atoms with Gasteiger partial charge in [-0.15, -0.1) is 0 Å². The van der Waals surface area contributed by atoms with Crippen LogP contribution in [0, 0.1) is 18.7 Å². The first-order valence-electron chi connectivity index (χ1n) is 6.84. The standard InChI is InChI=1S/C15H21FN2O/c1-3-4-11-8-18(9-14(11)17)15(19)13-6-5-12(16)7-10(13)2/h5-7,11,14H,3-4,8-9,17H2,1-2H3/t11-,14-/m1/s1. The van der Waals surface area contributed by atoms with Crippen molar-refractivity contribution in [1.82, 2.24) is 4.90 Å². The predicted molar refractivity (Wildman–Crippen MR) is 73.4 cm³/mol. The lowest BCUT2D eigenvalue weighted by molar-refractivity contribution is 0.0784. The Morgan fingerprint density at radius 1 is 1.47 bits per heavy atom. The van der Waals surface area contributed by atoms with Crippen LogP contribution in [-0.4, -0.2) is 29.9 Å². The van der Waals surface area contributed by atoms with Crippen LogP contribution in [0.4, 0.5) is 4.39 Å². The Balaban J connectivity index is 2.12.